The van der Waals surface area contributed by atoms with E-state index in [9.17, 15) is 74.3 Å². The highest BCUT2D eigenvalue weighted by molar-refractivity contribution is 7.89. The number of alkyl halides is 15. The van der Waals surface area contributed by atoms with Crippen molar-refractivity contribution in [2.45, 2.75) is 47.1 Å². The van der Waals surface area contributed by atoms with E-state index in [2.05, 4.69) is 4.18 Å². The minimum Gasteiger partial charge on any atom is -0.206 e. The highest BCUT2D eigenvalue weighted by atomic mass is 32.2. The number of hydrogen-bond acceptors (Lipinski definition) is 3. The molecule has 1 saturated heterocycles. The second kappa shape index (κ2) is 5.47. The van der Waals surface area contributed by atoms with Crippen molar-refractivity contribution in [2.24, 2.45) is 0 Å². The molecule has 0 saturated carbocycles. The topological polar surface area (TPSA) is 43.4 Å². The molecule has 1 atom stereocenters. The highest BCUT2D eigenvalue weighted by Gasteiger charge is 2.99. The zero-order valence-corrected chi connectivity index (χ0v) is 12.2. The average Bonchev–Trinajstić information content (AvgIpc) is 2.43. The van der Waals surface area contributed by atoms with Crippen molar-refractivity contribution in [3.63, 3.8) is 0 Å². The Balaban J connectivity index is 3.69. The van der Waals surface area contributed by atoms with Crippen molar-refractivity contribution >= 4 is 10.1 Å². The Morgan fingerprint density at radius 3 is 1.33 bits per heavy atom. The molecule has 0 aliphatic carbocycles. The summed E-state index contributed by atoms with van der Waals surface area (Å²) in [6.45, 7) is 0. The van der Waals surface area contributed by atoms with Crippen LogP contribution in [0.25, 0.3) is 0 Å². The normalized spacial score (nSPS) is 26.8. The van der Waals surface area contributed by atoms with Gasteiger partial charge in [0.2, 0.25) is 0 Å². The van der Waals surface area contributed by atoms with E-state index in [1.54, 1.807) is 0 Å². The van der Waals surface area contributed by atoms with Crippen LogP contribution in [0.2, 0.25) is 0 Å². The minimum absolute atomic E-state index is 2.16. The van der Waals surface area contributed by atoms with E-state index < -0.39 is 57.3 Å². The molecule has 27 heavy (non-hydrogen) atoms. The zero-order valence-electron chi connectivity index (χ0n) is 11.4. The van der Waals surface area contributed by atoms with Gasteiger partial charge in [-0.25, -0.2) is 13.2 Å². The Labute approximate surface area is 137 Å². The van der Waals surface area contributed by atoms with Crippen LogP contribution in [-0.4, -0.2) is 55.6 Å². The van der Waals surface area contributed by atoms with Crippen molar-refractivity contribution in [3.8, 4) is 0 Å². The minimum atomic E-state index is -8.38. The molecule has 1 aliphatic heterocycles. The summed E-state index contributed by atoms with van der Waals surface area (Å²) in [5, 5.41) is -7.13. The summed E-state index contributed by atoms with van der Waals surface area (Å²) in [7, 11) is -7.19. The smallest absolute Gasteiger partial charge is 0.206 e. The Morgan fingerprint density at radius 2 is 1.07 bits per heavy atom. The van der Waals surface area contributed by atoms with Gasteiger partial charge in [0.05, 0.1) is 0 Å². The second-order valence-corrected chi connectivity index (χ2v) is 6.51. The molecular formula is C8HF15O3S. The van der Waals surface area contributed by atoms with Crippen molar-refractivity contribution in [1.29, 1.82) is 0 Å². The van der Waals surface area contributed by atoms with E-state index in [0.29, 0.717) is 0 Å². The third-order valence-electron chi connectivity index (χ3n) is 3.21. The first-order valence-electron chi connectivity index (χ1n) is 5.59. The zero-order chi connectivity index (χ0) is 22.3. The maximum absolute atomic E-state index is 13.5. The maximum atomic E-state index is 13.5. The number of halogens is 15. The first-order chi connectivity index (χ1) is 11.4. The molecule has 19 heteroatoms. The molecule has 0 aromatic rings. The number of hydrogen-bond donors (Lipinski definition) is 0. The van der Waals surface area contributed by atoms with Gasteiger partial charge in [-0.3, -0.25) is 0 Å². The molecule has 1 heterocycles. The van der Waals surface area contributed by atoms with E-state index in [1.807, 2.05) is 0 Å². The van der Waals surface area contributed by atoms with Gasteiger partial charge in [-0.1, -0.05) is 0 Å². The molecule has 3 nitrogen and oxygen atoms in total. The summed E-state index contributed by atoms with van der Waals surface area (Å²) < 4.78 is 216. The fourth-order valence-electron chi connectivity index (χ4n) is 1.64. The monoisotopic (exact) mass is 462 g/mol. The van der Waals surface area contributed by atoms with Gasteiger partial charge in [-0.05, 0) is 0 Å². The van der Waals surface area contributed by atoms with Gasteiger partial charge < -0.3 is 0 Å². The summed E-state index contributed by atoms with van der Waals surface area (Å²) in [6, 6.07) is 0. The quantitative estimate of drug-likeness (QED) is 0.442. The lowest BCUT2D eigenvalue weighted by molar-refractivity contribution is -0.440. The third kappa shape index (κ3) is 2.38. The lowest BCUT2D eigenvalue weighted by Crippen LogP contribution is -2.80. The Kier molecular flexibility index (Phi) is 4.84. The molecule has 1 aliphatic rings. The van der Waals surface area contributed by atoms with Gasteiger partial charge >= 0.3 is 57.3 Å². The van der Waals surface area contributed by atoms with Crippen LogP contribution in [0.3, 0.4) is 0 Å². The molecule has 1 rings (SSSR count). The van der Waals surface area contributed by atoms with Crippen LogP contribution in [0.4, 0.5) is 65.9 Å². The van der Waals surface area contributed by atoms with Crippen LogP contribution in [0, 0.1) is 0 Å². The van der Waals surface area contributed by atoms with Gasteiger partial charge in [-0.2, -0.15) is 65.3 Å². The molecule has 0 radical (unpaired) electrons. The molecule has 0 N–H and O–H groups in total. The fourth-order valence-corrected chi connectivity index (χ4v) is 2.81. The molecule has 162 valence electrons. The van der Waals surface area contributed by atoms with Crippen molar-refractivity contribution in [2.75, 3.05) is 0 Å². The van der Waals surface area contributed by atoms with Crippen LogP contribution in [0.5, 0.6) is 0 Å². The predicted molar refractivity (Wildman–Crippen MR) is 49.5 cm³/mol. The Morgan fingerprint density at radius 1 is 0.704 bits per heavy atom. The van der Waals surface area contributed by atoms with Crippen LogP contribution in [0.1, 0.15) is 0 Å². The van der Waals surface area contributed by atoms with Gasteiger partial charge in [0.15, 0.2) is 0 Å². The Bertz CT molecular complexity index is 713. The van der Waals surface area contributed by atoms with Crippen LogP contribution in [0.15, 0.2) is 0 Å². The van der Waals surface area contributed by atoms with Crippen molar-refractivity contribution in [3.05, 3.63) is 0 Å². The molecule has 1 unspecified atom stereocenters. The first-order valence-corrected chi connectivity index (χ1v) is 7.00. The van der Waals surface area contributed by atoms with E-state index in [4.69, 9.17) is 0 Å². The lowest BCUT2D eigenvalue weighted by Gasteiger charge is -2.47. The van der Waals surface area contributed by atoms with E-state index in [1.165, 1.54) is 0 Å². The molecular weight excluding hydrogens is 461 g/mol. The van der Waals surface area contributed by atoms with Crippen LogP contribution < -0.4 is 0 Å². The van der Waals surface area contributed by atoms with Crippen LogP contribution >= 0.6 is 0 Å². The third-order valence-corrected chi connectivity index (χ3v) is 4.82. The molecule has 0 amide bonds. The van der Waals surface area contributed by atoms with Crippen LogP contribution in [-0.2, 0) is 14.3 Å². The van der Waals surface area contributed by atoms with E-state index in [0.717, 1.165) is 0 Å². The summed E-state index contributed by atoms with van der Waals surface area (Å²) in [5.74, 6) is -40.4. The lowest BCUT2D eigenvalue weighted by atomic mass is 9.91. The molecule has 0 spiro atoms. The van der Waals surface area contributed by atoms with Gasteiger partial charge in [0, 0.05) is 0 Å². The summed E-state index contributed by atoms with van der Waals surface area (Å²) in [5.41, 5.74) is 0. The SMILES string of the molecule is O=S1(=O)OC(F)(F)C1(F)C(F)(F)C(F)(F)C(F)(F)C(F)(F)C(F)(F)C(F)F. The highest BCUT2D eigenvalue weighted by Crippen LogP contribution is 2.66. The molecule has 1 fully saturated rings. The maximum Gasteiger partial charge on any atom is 0.427 e. The predicted octanol–water partition coefficient (Wildman–Crippen LogP) is 4.05. The largest absolute Gasteiger partial charge is 0.427 e. The standard InChI is InChI=1S/C8HF15O3S/c9-1(10)2(11,12)3(13,14)4(15,16)5(17,18)6(19,20)7(21)8(22,23)26-27(7,24)25/h1H. The number of rotatable bonds is 6. The summed E-state index contributed by atoms with van der Waals surface area (Å²) >= 11 is 0. The van der Waals surface area contributed by atoms with Gasteiger partial charge in [-0.15, -0.1) is 0 Å². The van der Waals surface area contributed by atoms with Crippen molar-refractivity contribution in [1.82, 2.24) is 0 Å². The summed E-state index contributed by atoms with van der Waals surface area (Å²) in [4.78, 5) is 0. The molecule has 0 aromatic carbocycles. The van der Waals surface area contributed by atoms with E-state index >= 15 is 0 Å². The first kappa shape index (κ1) is 23.9. The van der Waals surface area contributed by atoms with E-state index in [-0.39, 0.29) is 0 Å². The average molecular weight is 462 g/mol. The van der Waals surface area contributed by atoms with Gasteiger partial charge in [0.1, 0.15) is 0 Å². The van der Waals surface area contributed by atoms with Gasteiger partial charge in [0.25, 0.3) is 0 Å². The molecule has 0 aromatic heterocycles. The van der Waals surface area contributed by atoms with Crippen molar-refractivity contribution < 1.29 is 78.5 Å². The fraction of sp³-hybridized carbons (Fsp3) is 1.00. The Hall–Kier alpha value is -1.14. The second-order valence-electron chi connectivity index (χ2n) is 4.87. The summed E-state index contributed by atoms with van der Waals surface area (Å²) in [6.07, 6.45) is -12.4. The molecule has 0 bridgehead atoms.